The molecule has 2 amide bonds. The molecule has 1 saturated carbocycles. The minimum atomic E-state index is -0.763. The van der Waals surface area contributed by atoms with Crippen molar-refractivity contribution >= 4 is 12.0 Å². The molecule has 0 saturated heterocycles. The number of H-pyrrole nitrogens is 1. The Labute approximate surface area is 117 Å². The van der Waals surface area contributed by atoms with E-state index in [1.54, 1.807) is 12.4 Å². The molecule has 3 atom stereocenters. The van der Waals surface area contributed by atoms with Gasteiger partial charge in [0.05, 0.1) is 18.2 Å². The van der Waals surface area contributed by atoms with Gasteiger partial charge >= 0.3 is 12.0 Å². The Hall–Kier alpha value is -2.05. The van der Waals surface area contributed by atoms with E-state index in [4.69, 9.17) is 5.11 Å². The summed E-state index contributed by atoms with van der Waals surface area (Å²) in [4.78, 5) is 22.8. The lowest BCUT2D eigenvalue weighted by Gasteiger charge is -2.18. The molecule has 0 radical (unpaired) electrons. The van der Waals surface area contributed by atoms with Crippen LogP contribution < -0.4 is 10.6 Å². The monoisotopic (exact) mass is 280 g/mol. The zero-order valence-corrected chi connectivity index (χ0v) is 11.4. The molecule has 1 heterocycles. The van der Waals surface area contributed by atoms with Crippen LogP contribution in [-0.2, 0) is 4.79 Å². The fourth-order valence-electron chi connectivity index (χ4n) is 2.66. The molecule has 0 bridgehead atoms. The average molecular weight is 280 g/mol. The molecule has 0 aliphatic heterocycles. The highest BCUT2D eigenvalue weighted by molar-refractivity contribution is 5.74. The van der Waals surface area contributed by atoms with Crippen LogP contribution in [0.15, 0.2) is 12.4 Å². The highest BCUT2D eigenvalue weighted by Gasteiger charge is 2.32. The van der Waals surface area contributed by atoms with E-state index in [1.807, 2.05) is 6.92 Å². The fourth-order valence-corrected chi connectivity index (χ4v) is 2.66. The van der Waals surface area contributed by atoms with Crippen molar-refractivity contribution in [3.8, 4) is 0 Å². The smallest absolute Gasteiger partial charge is 0.315 e. The predicted molar refractivity (Wildman–Crippen MR) is 72.0 cm³/mol. The molecule has 1 aliphatic rings. The molecule has 1 aliphatic carbocycles. The van der Waals surface area contributed by atoms with Gasteiger partial charge in [-0.05, 0) is 25.7 Å². The zero-order valence-electron chi connectivity index (χ0n) is 11.4. The standard InChI is InChI=1S/C13H20N4O3/c1-8(10-6-15-16-7-10)17-13(20)14-5-9-3-2-4-11(9)12(18)19/h6-9,11H,2-5H2,1H3,(H,15,16)(H,18,19)(H2,14,17,20). The third-order valence-electron chi connectivity index (χ3n) is 3.87. The molecule has 3 unspecified atom stereocenters. The first-order valence-electron chi connectivity index (χ1n) is 6.83. The molecule has 4 N–H and O–H groups in total. The van der Waals surface area contributed by atoms with E-state index >= 15 is 0 Å². The van der Waals surface area contributed by atoms with Gasteiger partial charge in [-0.3, -0.25) is 9.89 Å². The average Bonchev–Trinajstić information content (AvgIpc) is 3.07. The van der Waals surface area contributed by atoms with Crippen LogP contribution in [0.5, 0.6) is 0 Å². The number of aromatic amines is 1. The fraction of sp³-hybridized carbons (Fsp3) is 0.615. The second-order valence-electron chi connectivity index (χ2n) is 5.24. The lowest BCUT2D eigenvalue weighted by atomic mass is 9.96. The van der Waals surface area contributed by atoms with Gasteiger partial charge in [-0.15, -0.1) is 0 Å². The molecule has 1 aromatic rings. The van der Waals surface area contributed by atoms with Gasteiger partial charge in [0.2, 0.25) is 0 Å². The Morgan fingerprint density at radius 1 is 1.55 bits per heavy atom. The zero-order chi connectivity index (χ0) is 14.5. The number of urea groups is 1. The topological polar surface area (TPSA) is 107 Å². The van der Waals surface area contributed by atoms with Crippen molar-refractivity contribution < 1.29 is 14.7 Å². The second kappa shape index (κ2) is 6.40. The van der Waals surface area contributed by atoms with E-state index in [1.165, 1.54) is 0 Å². The van der Waals surface area contributed by atoms with E-state index in [-0.39, 0.29) is 23.9 Å². The van der Waals surface area contributed by atoms with Gasteiger partial charge in [0.15, 0.2) is 0 Å². The van der Waals surface area contributed by atoms with Gasteiger partial charge in [-0.2, -0.15) is 5.10 Å². The molecule has 0 spiro atoms. The summed E-state index contributed by atoms with van der Waals surface area (Å²) >= 11 is 0. The van der Waals surface area contributed by atoms with Crippen LogP contribution in [0.2, 0.25) is 0 Å². The molecule has 20 heavy (non-hydrogen) atoms. The van der Waals surface area contributed by atoms with Crippen LogP contribution in [-0.4, -0.2) is 33.8 Å². The van der Waals surface area contributed by atoms with Crippen LogP contribution in [0.4, 0.5) is 4.79 Å². The van der Waals surface area contributed by atoms with Crippen LogP contribution >= 0.6 is 0 Å². The first-order chi connectivity index (χ1) is 9.58. The molecule has 2 rings (SSSR count). The van der Waals surface area contributed by atoms with Crippen molar-refractivity contribution in [1.82, 2.24) is 20.8 Å². The maximum Gasteiger partial charge on any atom is 0.315 e. The third kappa shape index (κ3) is 3.49. The van der Waals surface area contributed by atoms with E-state index in [9.17, 15) is 9.59 Å². The van der Waals surface area contributed by atoms with Gasteiger partial charge < -0.3 is 15.7 Å². The van der Waals surface area contributed by atoms with Crippen molar-refractivity contribution in [3.63, 3.8) is 0 Å². The van der Waals surface area contributed by atoms with Gasteiger partial charge in [0.25, 0.3) is 0 Å². The normalized spacial score (nSPS) is 23.2. The summed E-state index contributed by atoms with van der Waals surface area (Å²) < 4.78 is 0. The maximum absolute atomic E-state index is 11.8. The molecule has 7 heteroatoms. The van der Waals surface area contributed by atoms with E-state index in [0.717, 1.165) is 18.4 Å². The summed E-state index contributed by atoms with van der Waals surface area (Å²) in [6.07, 6.45) is 5.85. The summed E-state index contributed by atoms with van der Waals surface area (Å²) in [5.41, 5.74) is 0.893. The lowest BCUT2D eigenvalue weighted by Crippen LogP contribution is -2.40. The maximum atomic E-state index is 11.8. The highest BCUT2D eigenvalue weighted by atomic mass is 16.4. The number of hydrogen-bond acceptors (Lipinski definition) is 3. The summed E-state index contributed by atoms with van der Waals surface area (Å²) in [7, 11) is 0. The van der Waals surface area contributed by atoms with Gasteiger partial charge in [-0.1, -0.05) is 6.42 Å². The molecule has 1 fully saturated rings. The third-order valence-corrected chi connectivity index (χ3v) is 3.87. The Kier molecular flexibility index (Phi) is 4.60. The molecule has 110 valence electrons. The van der Waals surface area contributed by atoms with Gasteiger partial charge in [0, 0.05) is 18.3 Å². The number of carboxylic acids is 1. The number of nitrogens with one attached hydrogen (secondary N) is 3. The number of carbonyl (C=O) groups is 2. The number of carbonyl (C=O) groups excluding carboxylic acids is 1. The number of aliphatic carboxylic acids is 1. The number of amides is 2. The van der Waals surface area contributed by atoms with Crippen LogP contribution in [0.3, 0.4) is 0 Å². The first-order valence-corrected chi connectivity index (χ1v) is 6.83. The van der Waals surface area contributed by atoms with E-state index in [0.29, 0.717) is 13.0 Å². The number of carboxylic acid groups (broad SMARTS) is 1. The minimum absolute atomic E-state index is 0.0301. The molecular formula is C13H20N4O3. The Morgan fingerprint density at radius 2 is 2.35 bits per heavy atom. The van der Waals surface area contributed by atoms with Crippen LogP contribution in [0, 0.1) is 11.8 Å². The Morgan fingerprint density at radius 3 is 3.00 bits per heavy atom. The first kappa shape index (κ1) is 14.4. The van der Waals surface area contributed by atoms with Crippen molar-refractivity contribution in [2.24, 2.45) is 11.8 Å². The number of rotatable bonds is 5. The highest BCUT2D eigenvalue weighted by Crippen LogP contribution is 2.31. The molecule has 0 aromatic carbocycles. The summed E-state index contributed by atoms with van der Waals surface area (Å²) in [5.74, 6) is -1.06. The van der Waals surface area contributed by atoms with Gasteiger partial charge in [-0.25, -0.2) is 4.79 Å². The molecular weight excluding hydrogens is 260 g/mol. The largest absolute Gasteiger partial charge is 0.481 e. The molecule has 1 aromatic heterocycles. The van der Waals surface area contributed by atoms with Crippen molar-refractivity contribution in [3.05, 3.63) is 18.0 Å². The lowest BCUT2D eigenvalue weighted by molar-refractivity contribution is -0.142. The van der Waals surface area contributed by atoms with Crippen LogP contribution in [0.25, 0.3) is 0 Å². The van der Waals surface area contributed by atoms with E-state index < -0.39 is 5.97 Å². The summed E-state index contributed by atoms with van der Waals surface area (Å²) in [5, 5.41) is 21.2. The second-order valence-corrected chi connectivity index (χ2v) is 5.24. The predicted octanol–water partition coefficient (Wildman–Crippen LogP) is 1.27. The summed E-state index contributed by atoms with van der Waals surface area (Å²) in [6, 6.07) is -0.428. The van der Waals surface area contributed by atoms with Crippen molar-refractivity contribution in [2.45, 2.75) is 32.2 Å². The number of aromatic nitrogens is 2. The quantitative estimate of drug-likeness (QED) is 0.651. The Bertz CT molecular complexity index is 460. The number of nitrogens with zero attached hydrogens (tertiary/aromatic N) is 1. The molecule has 7 nitrogen and oxygen atoms in total. The van der Waals surface area contributed by atoms with Crippen LogP contribution in [0.1, 0.15) is 37.8 Å². The van der Waals surface area contributed by atoms with Crippen molar-refractivity contribution in [1.29, 1.82) is 0 Å². The Balaban J connectivity index is 1.76. The number of hydrogen-bond donors (Lipinski definition) is 4. The van der Waals surface area contributed by atoms with Gasteiger partial charge in [0.1, 0.15) is 0 Å². The van der Waals surface area contributed by atoms with E-state index in [2.05, 4.69) is 20.8 Å². The summed E-state index contributed by atoms with van der Waals surface area (Å²) in [6.45, 7) is 2.26. The van der Waals surface area contributed by atoms with Crippen molar-refractivity contribution in [2.75, 3.05) is 6.54 Å². The SMILES string of the molecule is CC(NC(=O)NCC1CCCC1C(=O)O)c1cn[nH]c1. The minimum Gasteiger partial charge on any atom is -0.481 e.